The Morgan fingerprint density at radius 3 is 2.48 bits per heavy atom. The number of Topliss-reactive ketones (excluding diaryl/α,β-unsaturated/α-hetero) is 1. The van der Waals surface area contributed by atoms with Gasteiger partial charge in [-0.2, -0.15) is 0 Å². The maximum atomic E-state index is 13.0. The fourth-order valence-electron chi connectivity index (χ4n) is 2.43. The van der Waals surface area contributed by atoms with Gasteiger partial charge in [0.05, 0.1) is 17.1 Å². The van der Waals surface area contributed by atoms with Gasteiger partial charge >= 0.3 is 7.60 Å². The third-order valence-electron chi connectivity index (χ3n) is 3.34. The summed E-state index contributed by atoms with van der Waals surface area (Å²) in [6, 6.07) is 5.71. The maximum absolute atomic E-state index is 13.0. The van der Waals surface area contributed by atoms with Crippen molar-refractivity contribution >= 4 is 25.1 Å². The highest BCUT2D eigenvalue weighted by Gasteiger charge is 2.40. The molecule has 1 saturated heterocycles. The molecule has 0 N–H and O–H groups in total. The van der Waals surface area contributed by atoms with Crippen LogP contribution in [0, 0.1) is 10.1 Å². The molecule has 1 fully saturated rings. The molecule has 124 valence electrons. The van der Waals surface area contributed by atoms with Crippen molar-refractivity contribution in [2.45, 2.75) is 39.4 Å². The first-order valence-corrected chi connectivity index (χ1v) is 8.70. The zero-order valence-electron chi connectivity index (χ0n) is 13.1. The van der Waals surface area contributed by atoms with Crippen molar-refractivity contribution in [2.24, 2.45) is 0 Å². The Hall–Kier alpha value is -1.82. The first kappa shape index (κ1) is 17.5. The second-order valence-corrected chi connectivity index (χ2v) is 7.40. The molecule has 0 aromatic heterocycles. The average molecular weight is 339 g/mol. The highest BCUT2D eigenvalue weighted by atomic mass is 31.2. The van der Waals surface area contributed by atoms with Crippen molar-refractivity contribution in [2.75, 3.05) is 0 Å². The van der Waals surface area contributed by atoms with Gasteiger partial charge < -0.3 is 9.05 Å². The third-order valence-corrected chi connectivity index (χ3v) is 5.65. The highest BCUT2D eigenvalue weighted by Crippen LogP contribution is 2.61. The summed E-state index contributed by atoms with van der Waals surface area (Å²) in [6.45, 7) is 4.78. The molecule has 2 rings (SSSR count). The van der Waals surface area contributed by atoms with Crippen LogP contribution in [-0.2, 0) is 18.4 Å². The van der Waals surface area contributed by atoms with Crippen molar-refractivity contribution in [3.63, 3.8) is 0 Å². The maximum Gasteiger partial charge on any atom is 0.365 e. The minimum Gasteiger partial charge on any atom is -0.302 e. The molecule has 3 atom stereocenters. The van der Waals surface area contributed by atoms with Gasteiger partial charge in [0.1, 0.15) is 5.31 Å². The van der Waals surface area contributed by atoms with E-state index in [9.17, 15) is 19.5 Å². The van der Waals surface area contributed by atoms with Gasteiger partial charge in [0.2, 0.25) is 0 Å². The molecular formula is C15H18NO6P. The first-order chi connectivity index (χ1) is 10.7. The van der Waals surface area contributed by atoms with E-state index in [-0.39, 0.29) is 23.2 Å². The molecule has 1 aromatic rings. The van der Waals surface area contributed by atoms with Gasteiger partial charge in [-0.15, -0.1) is 0 Å². The molecule has 1 unspecified atom stereocenters. The minimum absolute atomic E-state index is 0.101. The fourth-order valence-corrected chi connectivity index (χ4v) is 4.51. The number of allylic oxidation sites excluding steroid dienone is 1. The lowest BCUT2D eigenvalue weighted by Gasteiger charge is -2.32. The number of hydrogen-bond donors (Lipinski definition) is 0. The summed E-state index contributed by atoms with van der Waals surface area (Å²) in [6.07, 6.45) is 1.29. The summed E-state index contributed by atoms with van der Waals surface area (Å²) in [5, 5.41) is 10.7. The number of nitrogens with zero attached hydrogens (tertiary/aromatic N) is 1. The van der Waals surface area contributed by atoms with Gasteiger partial charge in [0.25, 0.3) is 5.69 Å². The minimum atomic E-state index is -3.75. The number of rotatable bonds is 4. The number of nitro groups is 1. The molecule has 23 heavy (non-hydrogen) atoms. The van der Waals surface area contributed by atoms with Gasteiger partial charge in [-0.25, -0.2) is 0 Å². The summed E-state index contributed by atoms with van der Waals surface area (Å²) < 4.78 is 23.8. The summed E-state index contributed by atoms with van der Waals surface area (Å²) >= 11 is 0. The average Bonchev–Trinajstić information content (AvgIpc) is 2.43. The summed E-state index contributed by atoms with van der Waals surface area (Å²) in [5.74, 6) is -0.457. The van der Waals surface area contributed by atoms with Crippen molar-refractivity contribution in [3.8, 4) is 0 Å². The Labute approximate surface area is 134 Å². The third kappa shape index (κ3) is 4.13. The smallest absolute Gasteiger partial charge is 0.302 e. The molecule has 1 aromatic carbocycles. The van der Waals surface area contributed by atoms with Crippen molar-refractivity contribution < 1.29 is 23.3 Å². The quantitative estimate of drug-likeness (QED) is 0.357. The molecular weight excluding hydrogens is 321 g/mol. The highest BCUT2D eigenvalue weighted by molar-refractivity contribution is 7.60. The Kier molecular flexibility index (Phi) is 5.14. The van der Waals surface area contributed by atoms with Crippen LogP contribution in [0.5, 0.6) is 0 Å². The lowest BCUT2D eigenvalue weighted by atomic mass is 10.2. The van der Waals surface area contributed by atoms with Crippen molar-refractivity contribution in [1.82, 2.24) is 0 Å². The zero-order chi connectivity index (χ0) is 17.2. The standard InChI is InChI=1S/C15H18NO6P/c1-10-7-11(2)22-23(20,21-10)15(12(3)17)9-13-5-4-6-14(8-13)16(18)19/h4-6,8-11H,7H2,1-3H3/b15-9+/t10-,11+,23?. The number of carbonyl (C=O) groups excluding carboxylic acids is 1. The van der Waals surface area contributed by atoms with E-state index in [1.165, 1.54) is 31.2 Å². The molecule has 0 saturated carbocycles. The molecule has 1 aliphatic heterocycles. The van der Waals surface area contributed by atoms with Gasteiger partial charge in [-0.3, -0.25) is 19.5 Å². The monoisotopic (exact) mass is 339 g/mol. The van der Waals surface area contributed by atoms with Gasteiger partial charge in [-0.1, -0.05) is 12.1 Å². The number of carbonyl (C=O) groups is 1. The molecule has 7 nitrogen and oxygen atoms in total. The van der Waals surface area contributed by atoms with Crippen LogP contribution in [0.1, 0.15) is 32.8 Å². The van der Waals surface area contributed by atoms with E-state index in [2.05, 4.69) is 0 Å². The van der Waals surface area contributed by atoms with E-state index >= 15 is 0 Å². The molecule has 0 spiro atoms. The predicted octanol–water partition coefficient (Wildman–Crippen LogP) is 3.93. The van der Waals surface area contributed by atoms with Crippen LogP contribution in [-0.4, -0.2) is 22.9 Å². The van der Waals surface area contributed by atoms with E-state index in [4.69, 9.17) is 9.05 Å². The molecule has 0 aliphatic carbocycles. The molecule has 8 heteroatoms. The van der Waals surface area contributed by atoms with Crippen molar-refractivity contribution in [1.29, 1.82) is 0 Å². The number of non-ortho nitro benzene ring substituents is 1. The van der Waals surface area contributed by atoms with Crippen LogP contribution in [0.4, 0.5) is 5.69 Å². The Morgan fingerprint density at radius 1 is 1.35 bits per heavy atom. The molecule has 0 radical (unpaired) electrons. The van der Waals surface area contributed by atoms with Crippen molar-refractivity contribution in [3.05, 3.63) is 45.3 Å². The Balaban J connectivity index is 2.46. The second kappa shape index (κ2) is 6.74. The van der Waals surface area contributed by atoms with Crippen LogP contribution < -0.4 is 0 Å². The largest absolute Gasteiger partial charge is 0.365 e. The lowest BCUT2D eigenvalue weighted by molar-refractivity contribution is -0.384. The number of benzene rings is 1. The Morgan fingerprint density at radius 2 is 1.96 bits per heavy atom. The van der Waals surface area contributed by atoms with Crippen LogP contribution in [0.3, 0.4) is 0 Å². The van der Waals surface area contributed by atoms with E-state index in [0.29, 0.717) is 12.0 Å². The van der Waals surface area contributed by atoms with Gasteiger partial charge in [0, 0.05) is 18.6 Å². The SMILES string of the molecule is CC(=O)/C(=C\c1cccc([N+](=O)[O-])c1)P1(=O)O[C@H](C)C[C@H](C)O1. The topological polar surface area (TPSA) is 95.7 Å². The number of ketones is 1. The van der Waals surface area contributed by atoms with E-state index < -0.39 is 18.3 Å². The van der Waals surface area contributed by atoms with Crippen LogP contribution in [0.15, 0.2) is 29.6 Å². The van der Waals surface area contributed by atoms with Crippen LogP contribution in [0.2, 0.25) is 0 Å². The zero-order valence-corrected chi connectivity index (χ0v) is 14.0. The molecule has 0 amide bonds. The van der Waals surface area contributed by atoms with Crippen LogP contribution >= 0.6 is 7.60 Å². The summed E-state index contributed by atoms with van der Waals surface area (Å²) in [4.78, 5) is 22.3. The van der Waals surface area contributed by atoms with Crippen LogP contribution in [0.25, 0.3) is 6.08 Å². The molecule has 0 bridgehead atoms. The Bertz CT molecular complexity index is 700. The molecule has 1 aliphatic rings. The molecule has 1 heterocycles. The van der Waals surface area contributed by atoms with E-state index in [1.54, 1.807) is 19.9 Å². The van der Waals surface area contributed by atoms with E-state index in [1.807, 2.05) is 0 Å². The van der Waals surface area contributed by atoms with Gasteiger partial charge in [-0.05, 0) is 32.4 Å². The number of nitro benzene ring substituents is 1. The normalized spacial score (nSPS) is 28.4. The second-order valence-electron chi connectivity index (χ2n) is 5.50. The predicted molar refractivity (Wildman–Crippen MR) is 85.1 cm³/mol. The summed E-state index contributed by atoms with van der Waals surface area (Å²) in [5.41, 5.74) is 0.268. The van der Waals surface area contributed by atoms with E-state index in [0.717, 1.165) is 0 Å². The summed E-state index contributed by atoms with van der Waals surface area (Å²) in [7, 11) is -3.75. The first-order valence-electron chi connectivity index (χ1n) is 7.16. The fraction of sp³-hybridized carbons (Fsp3) is 0.400. The van der Waals surface area contributed by atoms with Gasteiger partial charge in [0.15, 0.2) is 5.78 Å². The number of hydrogen-bond acceptors (Lipinski definition) is 6. The lowest BCUT2D eigenvalue weighted by Crippen LogP contribution is -2.25.